The highest BCUT2D eigenvalue weighted by Crippen LogP contribution is 2.52. The molecule has 2 aliphatic carbocycles. The van der Waals surface area contributed by atoms with Gasteiger partial charge in [-0.15, -0.1) is 11.3 Å². The number of piperazine rings is 1. The van der Waals surface area contributed by atoms with Crippen LogP contribution in [0.15, 0.2) is 46.3 Å². The zero-order chi connectivity index (χ0) is 21.8. The highest BCUT2D eigenvalue weighted by atomic mass is 79.9. The van der Waals surface area contributed by atoms with Crippen molar-refractivity contribution in [3.05, 3.63) is 46.3 Å². The van der Waals surface area contributed by atoms with E-state index < -0.39 is 0 Å². The number of amides is 2. The van der Waals surface area contributed by atoms with Crippen molar-refractivity contribution in [3.63, 3.8) is 0 Å². The number of imide groups is 1. The Hall–Kier alpha value is -2.03. The third-order valence-corrected chi connectivity index (χ3v) is 8.91. The van der Waals surface area contributed by atoms with E-state index in [0.29, 0.717) is 6.54 Å². The monoisotopic (exact) mass is 512 g/mol. The molecule has 8 heteroatoms. The predicted molar refractivity (Wildman–Crippen MR) is 128 cm³/mol. The number of fused-ring (bicyclic) bond motifs is 5. The normalized spacial score (nSPS) is 29.4. The lowest BCUT2D eigenvalue weighted by Crippen LogP contribution is -2.49. The van der Waals surface area contributed by atoms with Gasteiger partial charge in [0, 0.05) is 54.7 Å². The maximum Gasteiger partial charge on any atom is 0.233 e. The number of hydrogen-bond donors (Lipinski definition) is 0. The predicted octanol–water partition coefficient (Wildman–Crippen LogP) is 3.50. The first-order valence-electron chi connectivity index (χ1n) is 11.3. The molecule has 3 fully saturated rings. The molecule has 2 saturated heterocycles. The highest BCUT2D eigenvalue weighted by Gasteiger charge is 2.59. The summed E-state index contributed by atoms with van der Waals surface area (Å²) in [5.41, 5.74) is 2.14. The molecule has 32 heavy (non-hydrogen) atoms. The van der Waals surface area contributed by atoms with Crippen LogP contribution in [-0.2, 0) is 9.59 Å². The second kappa shape index (κ2) is 8.08. The molecule has 6 nitrogen and oxygen atoms in total. The number of rotatable bonds is 5. The Labute approximate surface area is 200 Å². The fourth-order valence-electron chi connectivity index (χ4n) is 5.75. The van der Waals surface area contributed by atoms with Crippen molar-refractivity contribution in [3.8, 4) is 11.3 Å². The van der Waals surface area contributed by atoms with E-state index in [1.807, 2.05) is 12.1 Å². The van der Waals surface area contributed by atoms with Crippen molar-refractivity contribution < 1.29 is 9.59 Å². The lowest BCUT2D eigenvalue weighted by atomic mass is 9.85. The zero-order valence-corrected chi connectivity index (χ0v) is 20.1. The smallest absolute Gasteiger partial charge is 0.233 e. The maximum absolute atomic E-state index is 12.9. The quantitative estimate of drug-likeness (QED) is 0.453. The van der Waals surface area contributed by atoms with E-state index in [9.17, 15) is 9.59 Å². The van der Waals surface area contributed by atoms with Gasteiger partial charge < -0.3 is 4.90 Å². The maximum atomic E-state index is 12.9. The SMILES string of the molecule is O=C1[C@@H]2[C@@H](C(=O)N1CCN1CCN(c3nc(-c4ccc(Br)cc4)cs3)CC1)[C@H]1C=C[C@@H]2C1. The molecule has 2 amide bonds. The van der Waals surface area contributed by atoms with Gasteiger partial charge in [-0.05, 0) is 30.4 Å². The molecular weight excluding hydrogens is 488 g/mol. The lowest BCUT2D eigenvalue weighted by Gasteiger charge is -2.35. The van der Waals surface area contributed by atoms with Crippen molar-refractivity contribution in [1.29, 1.82) is 0 Å². The Bertz CT molecular complexity index is 1050. The summed E-state index contributed by atoms with van der Waals surface area (Å²) in [4.78, 5) is 36.8. The van der Waals surface area contributed by atoms with Gasteiger partial charge in [-0.1, -0.05) is 40.2 Å². The summed E-state index contributed by atoms with van der Waals surface area (Å²) in [5, 5.41) is 3.18. The average molecular weight is 513 g/mol. The molecule has 2 bridgehead atoms. The molecule has 1 saturated carbocycles. The van der Waals surface area contributed by atoms with Gasteiger partial charge in [-0.2, -0.15) is 0 Å². The molecule has 6 rings (SSSR count). The van der Waals surface area contributed by atoms with E-state index in [0.717, 1.165) is 60.0 Å². The Morgan fingerprint density at radius 1 is 0.938 bits per heavy atom. The molecule has 4 aliphatic rings. The number of hydrogen-bond acceptors (Lipinski definition) is 6. The van der Waals surface area contributed by atoms with Gasteiger partial charge in [-0.3, -0.25) is 19.4 Å². The number of benzene rings is 1. The molecule has 4 atom stereocenters. The van der Waals surface area contributed by atoms with Crippen molar-refractivity contribution in [2.45, 2.75) is 6.42 Å². The second-order valence-electron chi connectivity index (χ2n) is 9.18. The number of carbonyl (C=O) groups is 2. The molecule has 0 unspecified atom stereocenters. The summed E-state index contributed by atoms with van der Waals surface area (Å²) < 4.78 is 1.07. The second-order valence-corrected chi connectivity index (χ2v) is 10.9. The van der Waals surface area contributed by atoms with Crippen LogP contribution < -0.4 is 4.90 Å². The van der Waals surface area contributed by atoms with Crippen molar-refractivity contribution in [2.24, 2.45) is 23.7 Å². The van der Waals surface area contributed by atoms with Crippen molar-refractivity contribution in [1.82, 2.24) is 14.8 Å². The van der Waals surface area contributed by atoms with Crippen molar-refractivity contribution in [2.75, 3.05) is 44.2 Å². The van der Waals surface area contributed by atoms with Crippen LogP contribution in [0.5, 0.6) is 0 Å². The van der Waals surface area contributed by atoms with Crippen LogP contribution >= 0.6 is 27.3 Å². The largest absolute Gasteiger partial charge is 0.346 e. The molecule has 166 valence electrons. The van der Waals surface area contributed by atoms with E-state index in [2.05, 4.69) is 55.4 Å². The first-order chi connectivity index (χ1) is 15.6. The topological polar surface area (TPSA) is 56.8 Å². The summed E-state index contributed by atoms with van der Waals surface area (Å²) in [6.07, 6.45) is 5.30. The molecule has 0 spiro atoms. The van der Waals surface area contributed by atoms with Gasteiger partial charge in [0.25, 0.3) is 0 Å². The molecule has 2 aromatic rings. The number of allylic oxidation sites excluding steroid dienone is 2. The number of nitrogens with zero attached hydrogens (tertiary/aromatic N) is 4. The summed E-state index contributed by atoms with van der Waals surface area (Å²) in [5.74, 6) is 0.544. The Balaban J connectivity index is 1.03. The van der Waals surface area contributed by atoms with Crippen LogP contribution in [0.2, 0.25) is 0 Å². The molecule has 3 heterocycles. The van der Waals surface area contributed by atoms with E-state index >= 15 is 0 Å². The number of carbonyl (C=O) groups excluding carboxylic acids is 2. The molecule has 0 radical (unpaired) electrons. The zero-order valence-electron chi connectivity index (χ0n) is 17.7. The van der Waals surface area contributed by atoms with Crippen LogP contribution in [0.3, 0.4) is 0 Å². The summed E-state index contributed by atoms with van der Waals surface area (Å²) in [6, 6.07) is 8.24. The Morgan fingerprint density at radius 2 is 1.59 bits per heavy atom. The fraction of sp³-hybridized carbons (Fsp3) is 0.458. The van der Waals surface area contributed by atoms with Crippen LogP contribution in [0.1, 0.15) is 6.42 Å². The van der Waals surface area contributed by atoms with Gasteiger partial charge in [0.05, 0.1) is 17.5 Å². The van der Waals surface area contributed by atoms with Gasteiger partial charge in [0.1, 0.15) is 0 Å². The van der Waals surface area contributed by atoms with Crippen LogP contribution in [0.4, 0.5) is 5.13 Å². The number of likely N-dealkylation sites (tertiary alicyclic amines) is 1. The number of aromatic nitrogens is 1. The Morgan fingerprint density at radius 3 is 2.25 bits per heavy atom. The summed E-state index contributed by atoms with van der Waals surface area (Å²) >= 11 is 5.17. The molecule has 1 aromatic carbocycles. The minimum Gasteiger partial charge on any atom is -0.346 e. The van der Waals surface area contributed by atoms with Crippen LogP contribution in [0.25, 0.3) is 11.3 Å². The highest BCUT2D eigenvalue weighted by molar-refractivity contribution is 9.10. The minimum atomic E-state index is -0.0841. The third-order valence-electron chi connectivity index (χ3n) is 7.48. The van der Waals surface area contributed by atoms with Gasteiger partial charge in [-0.25, -0.2) is 4.98 Å². The Kier molecular flexibility index (Phi) is 5.19. The van der Waals surface area contributed by atoms with E-state index in [1.54, 1.807) is 16.2 Å². The molecule has 2 aliphatic heterocycles. The van der Waals surface area contributed by atoms with Gasteiger partial charge in [0.15, 0.2) is 5.13 Å². The van der Waals surface area contributed by atoms with E-state index in [1.165, 1.54) is 0 Å². The summed E-state index contributed by atoms with van der Waals surface area (Å²) in [6.45, 7) is 4.94. The summed E-state index contributed by atoms with van der Waals surface area (Å²) in [7, 11) is 0. The fourth-order valence-corrected chi connectivity index (χ4v) is 6.90. The van der Waals surface area contributed by atoms with E-state index in [4.69, 9.17) is 4.98 Å². The molecule has 0 N–H and O–H groups in total. The van der Waals surface area contributed by atoms with Crippen molar-refractivity contribution >= 4 is 44.2 Å². The first kappa shape index (κ1) is 20.6. The minimum absolute atomic E-state index is 0.0683. The number of thiazole rings is 1. The van der Waals surface area contributed by atoms with Crippen LogP contribution in [0, 0.1) is 23.7 Å². The molecule has 1 aromatic heterocycles. The van der Waals surface area contributed by atoms with Gasteiger partial charge in [0.2, 0.25) is 11.8 Å². The number of anilines is 1. The average Bonchev–Trinajstić information content (AvgIpc) is 3.59. The third kappa shape index (κ3) is 3.43. The van der Waals surface area contributed by atoms with Gasteiger partial charge >= 0.3 is 0 Å². The first-order valence-corrected chi connectivity index (χ1v) is 13.0. The number of halogens is 1. The standard InChI is InChI=1S/C24H25BrN4O2S/c25-18-5-3-15(4-6-18)19-14-32-24(26-19)28-10-7-27(8-11-28)9-12-29-22(30)20-16-1-2-17(13-16)21(20)23(29)31/h1-6,14,16-17,20-21H,7-13H2/t16-,17+,20-,21-/m0/s1. The molecular formula is C24H25BrN4O2S. The van der Waals surface area contributed by atoms with Crippen LogP contribution in [-0.4, -0.2) is 65.9 Å². The van der Waals surface area contributed by atoms with E-state index in [-0.39, 0.29) is 35.5 Å². The lowest BCUT2D eigenvalue weighted by molar-refractivity contribution is -0.140.